The summed E-state index contributed by atoms with van der Waals surface area (Å²) in [6, 6.07) is 6.23. The van der Waals surface area contributed by atoms with Crippen molar-refractivity contribution in [1.29, 1.82) is 0 Å². The summed E-state index contributed by atoms with van der Waals surface area (Å²) in [6.45, 7) is -2.14. The normalized spacial score (nSPS) is 23.2. The number of carbonyl (C=O) groups excluding carboxylic acids is 1. The smallest absolute Gasteiger partial charge is 0.390 e. The van der Waals surface area contributed by atoms with Crippen molar-refractivity contribution in [2.75, 3.05) is 12.3 Å². The number of nitrogens with zero attached hydrogens (tertiary/aromatic N) is 2. The van der Waals surface area contributed by atoms with Gasteiger partial charge in [0.15, 0.2) is 0 Å². The lowest BCUT2D eigenvalue weighted by Gasteiger charge is -2.20. The van der Waals surface area contributed by atoms with Gasteiger partial charge in [-0.1, -0.05) is 24.3 Å². The molecule has 3 unspecified atom stereocenters. The van der Waals surface area contributed by atoms with Gasteiger partial charge < -0.3 is 35.6 Å². The molecule has 1 fully saturated rings. The van der Waals surface area contributed by atoms with Crippen molar-refractivity contribution in [3.8, 4) is 0 Å². The van der Waals surface area contributed by atoms with Crippen molar-refractivity contribution >= 4 is 35.2 Å². The van der Waals surface area contributed by atoms with Gasteiger partial charge in [0.25, 0.3) is 0 Å². The number of phosphoric acid groups is 3. The van der Waals surface area contributed by atoms with Crippen molar-refractivity contribution in [1.82, 2.24) is 14.9 Å². The Hall–Kier alpha value is -2.51. The molecule has 18 nitrogen and oxygen atoms in total. The molecule has 1 aliphatic heterocycles. The number of aromatic nitrogens is 2. The molecule has 1 saturated heterocycles. The highest BCUT2D eigenvalue weighted by Gasteiger charge is 2.44. The second kappa shape index (κ2) is 13.6. The summed E-state index contributed by atoms with van der Waals surface area (Å²) in [5.41, 5.74) is 4.94. The molecule has 2 heterocycles. The summed E-state index contributed by atoms with van der Waals surface area (Å²) in [6.07, 6.45) is -7.77. The molecule has 24 heteroatoms. The Morgan fingerprint density at radius 3 is 2.21 bits per heavy atom. The minimum absolute atomic E-state index is 0.0704. The van der Waals surface area contributed by atoms with E-state index in [-0.39, 0.29) is 23.4 Å². The molecule has 0 radical (unpaired) electrons. The van der Waals surface area contributed by atoms with E-state index in [4.69, 9.17) is 10.5 Å². The topological polar surface area (TPSA) is 268 Å². The number of nitrogens with one attached hydrogen (secondary N) is 1. The number of nitrogen functional groups attached to an aromatic ring is 1. The Bertz CT molecular complexity index is 1510. The fourth-order valence-electron chi connectivity index (χ4n) is 3.36. The molecule has 1 aromatic heterocycles. The number of hydrogen-bond acceptors (Lipinski definition) is 13. The minimum atomic E-state index is -5.82. The Labute approximate surface area is 239 Å². The fourth-order valence-corrected chi connectivity index (χ4v) is 6.86. The van der Waals surface area contributed by atoms with Crippen LogP contribution < -0.4 is 16.7 Å². The molecular weight excluding hydrogens is 658 g/mol. The highest BCUT2D eigenvalue weighted by atomic mass is 31.3. The molecule has 6 atom stereocenters. The van der Waals surface area contributed by atoms with E-state index in [2.05, 4.69) is 22.7 Å². The summed E-state index contributed by atoms with van der Waals surface area (Å²) in [7, 11) is -16.8. The van der Waals surface area contributed by atoms with E-state index in [1.165, 1.54) is 36.5 Å². The molecule has 240 valence electrons. The number of alkyl halides is 3. The molecule has 0 saturated carbocycles. The number of phosphoric ester groups is 2. The van der Waals surface area contributed by atoms with Crippen LogP contribution in [0.5, 0.6) is 0 Å². The Morgan fingerprint density at radius 1 is 1.05 bits per heavy atom. The summed E-state index contributed by atoms with van der Waals surface area (Å²) in [5, 5.41) is 11.8. The third-order valence-electron chi connectivity index (χ3n) is 5.31. The average molecular weight is 682 g/mol. The summed E-state index contributed by atoms with van der Waals surface area (Å²) in [5.74, 6) is -2.23. The number of hydrogen-bond donors (Lipinski definition) is 6. The van der Waals surface area contributed by atoms with E-state index >= 15 is 0 Å². The van der Waals surface area contributed by atoms with Crippen molar-refractivity contribution in [2.24, 2.45) is 0 Å². The van der Waals surface area contributed by atoms with Gasteiger partial charge in [0.2, 0.25) is 0 Å². The minimum Gasteiger partial charge on any atom is -0.390 e. The van der Waals surface area contributed by atoms with E-state index in [0.717, 1.165) is 4.57 Å². The molecule has 0 spiro atoms. The zero-order chi connectivity index (χ0) is 32.2. The van der Waals surface area contributed by atoms with Crippen LogP contribution in [0.3, 0.4) is 0 Å². The van der Waals surface area contributed by atoms with Gasteiger partial charge in [0, 0.05) is 19.2 Å². The first kappa shape index (κ1) is 35.0. The zero-order valence-electron chi connectivity index (χ0n) is 21.3. The van der Waals surface area contributed by atoms with Crippen LogP contribution in [0, 0.1) is 0 Å². The van der Waals surface area contributed by atoms with E-state index in [9.17, 15) is 56.2 Å². The molecule has 3 rings (SSSR count). The van der Waals surface area contributed by atoms with Crippen LogP contribution in [0.1, 0.15) is 23.8 Å². The standard InChI is InChI=1S/C19H24F3N4O14P3/c20-19(21,22)17(28)24-8-11-1-3-12(4-2-11)9-36-41(30,31)39-43(34,35)40-42(32,33)37-10-14-13(27)7-16(38-14)26-6-5-15(23)25-18(26)29/h1-6,13-14,16,27H,7-10H2,(H,24,28)(H,30,31)(H,32,33)(H,34,35)(H2,23,25,29)/t13-,14-,16-/m1/s1. The monoisotopic (exact) mass is 682 g/mol. The predicted octanol–water partition coefficient (Wildman–Crippen LogP) is 1.22. The molecular formula is C19H24F3N4O14P3. The number of rotatable bonds is 13. The molecule has 1 aromatic carbocycles. The first-order valence-electron chi connectivity index (χ1n) is 11.6. The Kier molecular flexibility index (Phi) is 11.1. The Balaban J connectivity index is 1.48. The summed E-state index contributed by atoms with van der Waals surface area (Å²) in [4.78, 5) is 55.5. The van der Waals surface area contributed by atoms with Crippen LogP contribution in [-0.2, 0) is 54.0 Å². The number of anilines is 1. The molecule has 7 N–H and O–H groups in total. The second-order valence-electron chi connectivity index (χ2n) is 8.61. The van der Waals surface area contributed by atoms with E-state index in [0.29, 0.717) is 0 Å². The fraction of sp³-hybridized carbons (Fsp3) is 0.421. The first-order valence-corrected chi connectivity index (χ1v) is 16.0. The number of aliphatic hydroxyl groups is 1. The van der Waals surface area contributed by atoms with Crippen molar-refractivity contribution < 1.29 is 73.9 Å². The maximum absolute atomic E-state index is 12.2. The predicted molar refractivity (Wildman–Crippen MR) is 134 cm³/mol. The van der Waals surface area contributed by atoms with Gasteiger partial charge in [-0.25, -0.2) is 18.5 Å². The highest BCUT2D eigenvalue weighted by molar-refractivity contribution is 7.66. The number of nitrogens with two attached hydrogens (primary N) is 1. The van der Waals surface area contributed by atoms with Gasteiger partial charge in [0.05, 0.1) is 19.3 Å². The first-order chi connectivity index (χ1) is 19.8. The van der Waals surface area contributed by atoms with Gasteiger partial charge in [-0.3, -0.25) is 18.4 Å². The largest absolute Gasteiger partial charge is 0.490 e. The van der Waals surface area contributed by atoms with Crippen molar-refractivity contribution in [2.45, 2.75) is 44.2 Å². The maximum Gasteiger partial charge on any atom is 0.490 e. The van der Waals surface area contributed by atoms with Crippen molar-refractivity contribution in [3.05, 3.63) is 58.1 Å². The van der Waals surface area contributed by atoms with Gasteiger partial charge >= 0.3 is 41.2 Å². The van der Waals surface area contributed by atoms with Crippen LogP contribution in [0.4, 0.5) is 19.0 Å². The van der Waals surface area contributed by atoms with Crippen LogP contribution in [0.2, 0.25) is 0 Å². The molecule has 43 heavy (non-hydrogen) atoms. The van der Waals surface area contributed by atoms with Crippen LogP contribution in [0.25, 0.3) is 0 Å². The second-order valence-corrected chi connectivity index (χ2v) is 13.2. The number of ether oxygens (including phenoxy) is 1. The molecule has 0 bridgehead atoms. The SMILES string of the molecule is Nc1ccn([C@H]2C[C@@H](O)[C@@H](COP(=O)(O)OP(=O)(O)OP(=O)(O)OCc3ccc(CNC(=O)C(F)(F)F)cc3)O2)c(=O)n1. The number of carbonyl (C=O) groups is 1. The molecule has 0 aliphatic carbocycles. The number of halogens is 3. The summed E-state index contributed by atoms with van der Waals surface area (Å²) < 4.78 is 96.4. The average Bonchev–Trinajstić information content (AvgIpc) is 3.23. The lowest BCUT2D eigenvalue weighted by molar-refractivity contribution is -0.173. The van der Waals surface area contributed by atoms with Crippen LogP contribution >= 0.6 is 23.5 Å². The lowest BCUT2D eigenvalue weighted by Crippen LogP contribution is -2.36. The molecule has 2 aromatic rings. The van der Waals surface area contributed by atoms with Crippen LogP contribution in [0.15, 0.2) is 41.3 Å². The van der Waals surface area contributed by atoms with Gasteiger partial charge in [-0.15, -0.1) is 0 Å². The van der Waals surface area contributed by atoms with Gasteiger partial charge in [-0.2, -0.15) is 26.8 Å². The number of benzene rings is 1. The third-order valence-corrected chi connectivity index (χ3v) is 9.54. The van der Waals surface area contributed by atoms with Gasteiger partial charge in [0.1, 0.15) is 18.1 Å². The molecule has 1 aliphatic rings. The Morgan fingerprint density at radius 2 is 1.63 bits per heavy atom. The lowest BCUT2D eigenvalue weighted by atomic mass is 10.1. The quantitative estimate of drug-likeness (QED) is 0.162. The summed E-state index contributed by atoms with van der Waals surface area (Å²) >= 11 is 0. The van der Waals surface area contributed by atoms with E-state index in [1.807, 2.05) is 0 Å². The molecule has 1 amide bonds. The highest BCUT2D eigenvalue weighted by Crippen LogP contribution is 2.67. The maximum atomic E-state index is 12.2. The van der Waals surface area contributed by atoms with Crippen LogP contribution in [-0.4, -0.2) is 60.2 Å². The van der Waals surface area contributed by atoms with Gasteiger partial charge in [-0.05, 0) is 17.2 Å². The van der Waals surface area contributed by atoms with E-state index in [1.54, 1.807) is 5.32 Å². The third kappa shape index (κ3) is 10.9. The number of aliphatic hydroxyl groups excluding tert-OH is 1. The number of amides is 1. The van der Waals surface area contributed by atoms with Crippen molar-refractivity contribution in [3.63, 3.8) is 0 Å². The zero-order valence-corrected chi connectivity index (χ0v) is 24.0. The van der Waals surface area contributed by atoms with E-state index < -0.39 is 79.4 Å².